The van der Waals surface area contributed by atoms with Crippen molar-refractivity contribution in [3.8, 4) is 5.75 Å². The lowest BCUT2D eigenvalue weighted by Crippen LogP contribution is -2.21. The first-order chi connectivity index (χ1) is 7.68. The molecule has 2 aromatic carbocycles. The minimum atomic E-state index is -2.34. The summed E-state index contributed by atoms with van der Waals surface area (Å²) in [7, 11) is 0. The highest BCUT2D eigenvalue weighted by Crippen LogP contribution is 2.26. The Morgan fingerprint density at radius 2 is 1.88 bits per heavy atom. The van der Waals surface area contributed by atoms with Crippen molar-refractivity contribution >= 4 is 16.7 Å². The van der Waals surface area contributed by atoms with Crippen molar-refractivity contribution in [3.05, 3.63) is 42.5 Å². The predicted molar refractivity (Wildman–Crippen MR) is 57.1 cm³/mol. The Morgan fingerprint density at radius 1 is 1.19 bits per heavy atom. The molecule has 0 amide bonds. The van der Waals surface area contributed by atoms with Crippen LogP contribution in [0, 0.1) is 0 Å². The summed E-state index contributed by atoms with van der Waals surface area (Å²) in [5, 5.41) is 9.98. The largest absolute Gasteiger partial charge is 0.476 e. The lowest BCUT2D eigenvalue weighted by molar-refractivity contribution is -0.153. The number of fused-ring (bicyclic) bond motifs is 1. The summed E-state index contributed by atoms with van der Waals surface area (Å²) in [6.45, 7) is 0. The first kappa shape index (κ1) is 10.4. The van der Waals surface area contributed by atoms with Gasteiger partial charge in [0.15, 0.2) is 0 Å². The maximum absolute atomic E-state index is 12.9. The maximum Gasteiger partial charge on any atom is 0.378 e. The van der Waals surface area contributed by atoms with E-state index in [1.807, 2.05) is 18.2 Å². The van der Waals surface area contributed by atoms with Crippen LogP contribution in [0.5, 0.6) is 5.75 Å². The maximum atomic E-state index is 12.9. The van der Waals surface area contributed by atoms with E-state index in [2.05, 4.69) is 0 Å². The van der Waals surface area contributed by atoms with Crippen molar-refractivity contribution in [3.63, 3.8) is 0 Å². The SMILES string of the molecule is O=C(O)C(F)Oc1cccc2ccccc12. The number of carboxylic acid groups (broad SMARTS) is 1. The Hall–Kier alpha value is -2.10. The zero-order chi connectivity index (χ0) is 11.5. The van der Waals surface area contributed by atoms with E-state index >= 15 is 0 Å². The van der Waals surface area contributed by atoms with Crippen molar-refractivity contribution in [1.82, 2.24) is 0 Å². The van der Waals surface area contributed by atoms with E-state index in [1.54, 1.807) is 18.2 Å². The number of aliphatic carboxylic acids is 1. The van der Waals surface area contributed by atoms with Crippen molar-refractivity contribution in [2.45, 2.75) is 6.36 Å². The third-order valence-corrected chi connectivity index (χ3v) is 2.17. The van der Waals surface area contributed by atoms with Gasteiger partial charge in [0.2, 0.25) is 0 Å². The highest BCUT2D eigenvalue weighted by Gasteiger charge is 2.18. The first-order valence-electron chi connectivity index (χ1n) is 4.70. The minimum absolute atomic E-state index is 0.230. The molecule has 1 N–H and O–H groups in total. The number of halogens is 1. The van der Waals surface area contributed by atoms with Crippen LogP contribution in [0.1, 0.15) is 0 Å². The zero-order valence-corrected chi connectivity index (χ0v) is 8.26. The molecule has 0 saturated heterocycles. The monoisotopic (exact) mass is 220 g/mol. The van der Waals surface area contributed by atoms with Gasteiger partial charge in [-0.05, 0) is 11.5 Å². The number of benzene rings is 2. The third-order valence-electron chi connectivity index (χ3n) is 2.17. The average Bonchev–Trinajstić information content (AvgIpc) is 2.29. The van der Waals surface area contributed by atoms with Crippen LogP contribution in [0.15, 0.2) is 42.5 Å². The molecule has 0 aromatic heterocycles. The van der Waals surface area contributed by atoms with Crippen LogP contribution in [0.4, 0.5) is 4.39 Å². The second kappa shape index (κ2) is 4.18. The first-order valence-corrected chi connectivity index (χ1v) is 4.70. The highest BCUT2D eigenvalue weighted by molar-refractivity contribution is 5.88. The van der Waals surface area contributed by atoms with Gasteiger partial charge in [0.25, 0.3) is 0 Å². The van der Waals surface area contributed by atoms with Gasteiger partial charge in [-0.3, -0.25) is 0 Å². The van der Waals surface area contributed by atoms with Crippen LogP contribution in [0.3, 0.4) is 0 Å². The number of carboxylic acids is 1. The summed E-state index contributed by atoms with van der Waals surface area (Å²) in [5.74, 6) is -1.40. The molecular formula is C12H9FO3. The van der Waals surface area contributed by atoms with E-state index in [1.165, 1.54) is 6.07 Å². The van der Waals surface area contributed by atoms with Crippen LogP contribution >= 0.6 is 0 Å². The number of hydrogen-bond donors (Lipinski definition) is 1. The summed E-state index contributed by atoms with van der Waals surface area (Å²) < 4.78 is 17.6. The van der Waals surface area contributed by atoms with Crippen LogP contribution < -0.4 is 4.74 Å². The molecule has 1 unspecified atom stereocenters. The Kier molecular flexibility index (Phi) is 2.72. The number of alkyl halides is 1. The molecule has 82 valence electrons. The molecule has 0 fully saturated rings. The van der Waals surface area contributed by atoms with Crippen LogP contribution in [0.25, 0.3) is 10.8 Å². The number of rotatable bonds is 3. The second-order valence-corrected chi connectivity index (χ2v) is 3.25. The Bertz CT molecular complexity index is 519. The fraction of sp³-hybridized carbons (Fsp3) is 0.0833. The van der Waals surface area contributed by atoms with E-state index in [4.69, 9.17) is 9.84 Å². The van der Waals surface area contributed by atoms with E-state index in [-0.39, 0.29) is 5.75 Å². The normalized spacial score (nSPS) is 12.3. The topological polar surface area (TPSA) is 46.5 Å². The number of hydrogen-bond acceptors (Lipinski definition) is 2. The fourth-order valence-corrected chi connectivity index (χ4v) is 1.46. The molecule has 0 aliphatic rings. The van der Waals surface area contributed by atoms with Gasteiger partial charge in [-0.2, -0.15) is 4.39 Å². The molecule has 16 heavy (non-hydrogen) atoms. The summed E-state index contributed by atoms with van der Waals surface area (Å²) in [5.41, 5.74) is 0. The zero-order valence-electron chi connectivity index (χ0n) is 8.26. The smallest absolute Gasteiger partial charge is 0.378 e. The summed E-state index contributed by atoms with van der Waals surface area (Å²) in [4.78, 5) is 10.3. The molecule has 0 spiro atoms. The number of ether oxygens (including phenoxy) is 1. The second-order valence-electron chi connectivity index (χ2n) is 3.25. The molecule has 0 heterocycles. The third kappa shape index (κ3) is 1.95. The lowest BCUT2D eigenvalue weighted by Gasteiger charge is -2.09. The summed E-state index contributed by atoms with van der Waals surface area (Å²) >= 11 is 0. The molecule has 0 aliphatic heterocycles. The van der Waals surface area contributed by atoms with E-state index in [0.717, 1.165) is 5.39 Å². The summed E-state index contributed by atoms with van der Waals surface area (Å²) in [6, 6.07) is 12.3. The number of carbonyl (C=O) groups is 1. The minimum Gasteiger partial charge on any atom is -0.476 e. The van der Waals surface area contributed by atoms with Gasteiger partial charge in [0.1, 0.15) is 5.75 Å². The van der Waals surface area contributed by atoms with E-state index in [0.29, 0.717) is 5.39 Å². The lowest BCUT2D eigenvalue weighted by atomic mass is 10.1. The molecule has 0 bridgehead atoms. The van der Waals surface area contributed by atoms with Gasteiger partial charge < -0.3 is 9.84 Å². The quantitative estimate of drug-likeness (QED) is 0.864. The molecular weight excluding hydrogens is 211 g/mol. The van der Waals surface area contributed by atoms with Gasteiger partial charge in [-0.1, -0.05) is 36.4 Å². The van der Waals surface area contributed by atoms with Gasteiger partial charge in [0, 0.05) is 5.39 Å². The molecule has 0 saturated carbocycles. The van der Waals surface area contributed by atoms with Crippen LogP contribution in [-0.4, -0.2) is 17.4 Å². The van der Waals surface area contributed by atoms with Crippen LogP contribution in [-0.2, 0) is 4.79 Å². The highest BCUT2D eigenvalue weighted by atomic mass is 19.1. The van der Waals surface area contributed by atoms with Gasteiger partial charge in [-0.25, -0.2) is 4.79 Å². The fourth-order valence-electron chi connectivity index (χ4n) is 1.46. The molecule has 3 nitrogen and oxygen atoms in total. The van der Waals surface area contributed by atoms with E-state index < -0.39 is 12.3 Å². The standard InChI is InChI=1S/C12H9FO3/c13-11(12(14)15)16-10-7-3-5-8-4-1-2-6-9(8)10/h1-7,11H,(H,14,15). The van der Waals surface area contributed by atoms with Crippen molar-refractivity contribution in [2.75, 3.05) is 0 Å². The van der Waals surface area contributed by atoms with Gasteiger partial charge >= 0.3 is 12.3 Å². The molecule has 1 atom stereocenters. The predicted octanol–water partition coefficient (Wildman–Crippen LogP) is 2.60. The Balaban J connectivity index is 2.41. The van der Waals surface area contributed by atoms with Crippen molar-refractivity contribution < 1.29 is 19.0 Å². The van der Waals surface area contributed by atoms with Gasteiger partial charge in [-0.15, -0.1) is 0 Å². The molecule has 2 rings (SSSR count). The molecule has 0 radical (unpaired) electrons. The van der Waals surface area contributed by atoms with Crippen molar-refractivity contribution in [1.29, 1.82) is 0 Å². The Morgan fingerprint density at radius 3 is 2.62 bits per heavy atom. The van der Waals surface area contributed by atoms with Crippen LogP contribution in [0.2, 0.25) is 0 Å². The molecule has 0 aliphatic carbocycles. The molecule has 2 aromatic rings. The van der Waals surface area contributed by atoms with Crippen molar-refractivity contribution in [2.24, 2.45) is 0 Å². The molecule has 4 heteroatoms. The van der Waals surface area contributed by atoms with Gasteiger partial charge in [0.05, 0.1) is 0 Å². The van der Waals surface area contributed by atoms with E-state index in [9.17, 15) is 9.18 Å². The average molecular weight is 220 g/mol. The Labute approximate surface area is 91.1 Å². The summed E-state index contributed by atoms with van der Waals surface area (Å²) in [6.07, 6.45) is -2.34.